The summed E-state index contributed by atoms with van der Waals surface area (Å²) in [5.41, 5.74) is 1.86. The molecule has 2 rings (SSSR count). The van der Waals surface area contributed by atoms with Gasteiger partial charge in [0.05, 0.1) is 18.1 Å². The summed E-state index contributed by atoms with van der Waals surface area (Å²) in [7, 11) is 1.38. The van der Waals surface area contributed by atoms with Crippen molar-refractivity contribution in [2.24, 2.45) is 0 Å². The van der Waals surface area contributed by atoms with Crippen molar-refractivity contribution in [1.29, 1.82) is 0 Å². The molecule has 0 aliphatic heterocycles. The molecule has 1 N–H and O–H groups in total. The van der Waals surface area contributed by atoms with Gasteiger partial charge in [0.2, 0.25) is 5.95 Å². The number of nitrogens with one attached hydrogen (secondary N) is 1. The van der Waals surface area contributed by atoms with Crippen LogP contribution in [0.25, 0.3) is 11.0 Å². The van der Waals surface area contributed by atoms with Crippen LogP contribution in [0.2, 0.25) is 0 Å². The number of carbonyl (C=O) groups is 1. The van der Waals surface area contributed by atoms with Crippen LogP contribution in [0.15, 0.2) is 24.3 Å². The molecular weight excluding hydrogens is 218 g/mol. The molecule has 0 fully saturated rings. The number of likely N-dealkylation sites (N-methyl/N-ethyl adjacent to an activating group) is 1. The van der Waals surface area contributed by atoms with E-state index in [0.717, 1.165) is 11.0 Å². The highest BCUT2D eigenvalue weighted by Gasteiger charge is 2.13. The molecule has 2 aromatic rings. The van der Waals surface area contributed by atoms with Crippen LogP contribution in [0.4, 0.5) is 5.95 Å². The van der Waals surface area contributed by atoms with Gasteiger partial charge in [0.1, 0.15) is 6.54 Å². The first kappa shape index (κ1) is 11.4. The molecule has 17 heavy (non-hydrogen) atoms. The Balaban J connectivity index is 2.27. The molecule has 0 saturated heterocycles. The lowest BCUT2D eigenvalue weighted by Crippen LogP contribution is -2.31. The molecule has 0 spiro atoms. The minimum Gasteiger partial charge on any atom is -0.468 e. The van der Waals surface area contributed by atoms with Crippen molar-refractivity contribution in [3.05, 3.63) is 24.3 Å². The van der Waals surface area contributed by atoms with E-state index in [1.54, 1.807) is 0 Å². The first-order valence-corrected chi connectivity index (χ1v) is 5.51. The summed E-state index contributed by atoms with van der Waals surface area (Å²) in [6, 6.07) is 7.77. The van der Waals surface area contributed by atoms with Crippen LogP contribution in [0.3, 0.4) is 0 Å². The average molecular weight is 233 g/mol. The summed E-state index contributed by atoms with van der Waals surface area (Å²) in [5.74, 6) is 0.423. The number of para-hydroxylation sites is 2. The lowest BCUT2D eigenvalue weighted by Gasteiger charge is -2.17. The minimum absolute atomic E-state index is 0.201. The largest absolute Gasteiger partial charge is 0.468 e. The van der Waals surface area contributed by atoms with Gasteiger partial charge >= 0.3 is 5.97 Å². The Labute approximate surface area is 99.4 Å². The average Bonchev–Trinajstić information content (AvgIpc) is 2.78. The summed E-state index contributed by atoms with van der Waals surface area (Å²) < 4.78 is 4.66. The maximum Gasteiger partial charge on any atom is 0.325 e. The third-order valence-electron chi connectivity index (χ3n) is 2.61. The van der Waals surface area contributed by atoms with Crippen molar-refractivity contribution >= 4 is 23.0 Å². The van der Waals surface area contributed by atoms with Crippen LogP contribution in [-0.2, 0) is 9.53 Å². The molecule has 0 radical (unpaired) electrons. The Kier molecular flexibility index (Phi) is 3.27. The van der Waals surface area contributed by atoms with Gasteiger partial charge in [0, 0.05) is 6.54 Å². The summed E-state index contributed by atoms with van der Waals surface area (Å²) in [4.78, 5) is 20.7. The molecule has 0 aliphatic rings. The number of benzene rings is 1. The van der Waals surface area contributed by atoms with E-state index >= 15 is 0 Å². The molecule has 0 unspecified atom stereocenters. The Bertz CT molecular complexity index is 488. The van der Waals surface area contributed by atoms with Crippen molar-refractivity contribution in [2.75, 3.05) is 25.1 Å². The van der Waals surface area contributed by atoms with Gasteiger partial charge in [-0.15, -0.1) is 0 Å². The molecule has 0 bridgehead atoms. The molecule has 5 nitrogen and oxygen atoms in total. The molecule has 1 heterocycles. The number of hydrogen-bond acceptors (Lipinski definition) is 4. The molecule has 1 aromatic heterocycles. The maximum absolute atomic E-state index is 11.3. The molecule has 1 aromatic carbocycles. The highest BCUT2D eigenvalue weighted by molar-refractivity contribution is 5.79. The topological polar surface area (TPSA) is 58.2 Å². The van der Waals surface area contributed by atoms with E-state index in [1.807, 2.05) is 36.1 Å². The smallest absolute Gasteiger partial charge is 0.325 e. The number of aromatic amines is 1. The first-order chi connectivity index (χ1) is 8.24. The predicted octanol–water partition coefficient (Wildman–Crippen LogP) is 1.56. The van der Waals surface area contributed by atoms with E-state index in [9.17, 15) is 4.79 Å². The van der Waals surface area contributed by atoms with Gasteiger partial charge in [-0.2, -0.15) is 0 Å². The normalized spacial score (nSPS) is 10.5. The molecule has 5 heteroatoms. The fourth-order valence-electron chi connectivity index (χ4n) is 1.65. The summed E-state index contributed by atoms with van der Waals surface area (Å²) in [6.07, 6.45) is 0. The van der Waals surface area contributed by atoms with Crippen LogP contribution < -0.4 is 4.90 Å². The van der Waals surface area contributed by atoms with Crippen LogP contribution in [0.5, 0.6) is 0 Å². The number of esters is 1. The molecule has 0 atom stereocenters. The zero-order valence-corrected chi connectivity index (χ0v) is 9.93. The number of ether oxygens (including phenoxy) is 1. The van der Waals surface area contributed by atoms with E-state index in [1.165, 1.54) is 7.11 Å². The fourth-order valence-corrected chi connectivity index (χ4v) is 1.65. The first-order valence-electron chi connectivity index (χ1n) is 5.51. The van der Waals surface area contributed by atoms with Gasteiger partial charge in [-0.05, 0) is 19.1 Å². The zero-order valence-electron chi connectivity index (χ0n) is 9.93. The number of rotatable bonds is 4. The highest BCUT2D eigenvalue weighted by Crippen LogP contribution is 2.16. The van der Waals surface area contributed by atoms with Gasteiger partial charge < -0.3 is 14.6 Å². The monoisotopic (exact) mass is 233 g/mol. The second-order valence-electron chi connectivity index (χ2n) is 3.67. The standard InChI is InChI=1S/C12H15N3O2/c1-3-15(8-11(16)17-2)12-13-9-6-4-5-7-10(9)14-12/h4-7H,3,8H2,1-2H3,(H,13,14). The van der Waals surface area contributed by atoms with Crippen LogP contribution in [-0.4, -0.2) is 36.1 Å². The number of aromatic nitrogens is 2. The van der Waals surface area contributed by atoms with Crippen LogP contribution >= 0.6 is 0 Å². The third kappa shape index (κ3) is 2.38. The quantitative estimate of drug-likeness (QED) is 0.814. The van der Waals surface area contributed by atoms with Crippen molar-refractivity contribution in [2.45, 2.75) is 6.92 Å². The van der Waals surface area contributed by atoms with Crippen molar-refractivity contribution in [3.63, 3.8) is 0 Å². The lowest BCUT2D eigenvalue weighted by molar-refractivity contribution is -0.138. The number of carbonyl (C=O) groups excluding carboxylic acids is 1. The number of methoxy groups -OCH3 is 1. The SMILES string of the molecule is CCN(CC(=O)OC)c1nc2ccccc2[nH]1. The zero-order chi connectivity index (χ0) is 12.3. The Morgan fingerprint density at radius 2 is 2.24 bits per heavy atom. The number of fused-ring (bicyclic) bond motifs is 1. The fraction of sp³-hybridized carbons (Fsp3) is 0.333. The number of hydrogen-bond donors (Lipinski definition) is 1. The summed E-state index contributed by atoms with van der Waals surface area (Å²) in [5, 5.41) is 0. The molecule has 0 saturated carbocycles. The van der Waals surface area contributed by atoms with Crippen LogP contribution in [0, 0.1) is 0 Å². The Hall–Kier alpha value is -2.04. The molecule has 90 valence electrons. The highest BCUT2D eigenvalue weighted by atomic mass is 16.5. The van der Waals surface area contributed by atoms with Crippen molar-refractivity contribution < 1.29 is 9.53 Å². The Morgan fingerprint density at radius 1 is 1.47 bits per heavy atom. The van der Waals surface area contributed by atoms with Gasteiger partial charge in [-0.25, -0.2) is 4.98 Å². The predicted molar refractivity (Wildman–Crippen MR) is 66.0 cm³/mol. The number of imidazole rings is 1. The summed E-state index contributed by atoms with van der Waals surface area (Å²) in [6.45, 7) is 2.86. The maximum atomic E-state index is 11.3. The minimum atomic E-state index is -0.271. The van der Waals surface area contributed by atoms with Gasteiger partial charge in [-0.3, -0.25) is 4.79 Å². The lowest BCUT2D eigenvalue weighted by atomic mass is 10.3. The van der Waals surface area contributed by atoms with E-state index < -0.39 is 0 Å². The van der Waals surface area contributed by atoms with E-state index in [-0.39, 0.29) is 12.5 Å². The second kappa shape index (κ2) is 4.86. The van der Waals surface area contributed by atoms with Crippen molar-refractivity contribution in [1.82, 2.24) is 9.97 Å². The van der Waals surface area contributed by atoms with E-state index in [4.69, 9.17) is 0 Å². The van der Waals surface area contributed by atoms with Gasteiger partial charge in [-0.1, -0.05) is 12.1 Å². The van der Waals surface area contributed by atoms with Gasteiger partial charge in [0.25, 0.3) is 0 Å². The molecule has 0 aliphatic carbocycles. The Morgan fingerprint density at radius 3 is 2.88 bits per heavy atom. The van der Waals surface area contributed by atoms with Gasteiger partial charge in [0.15, 0.2) is 0 Å². The molecular formula is C12H15N3O2. The van der Waals surface area contributed by atoms with E-state index in [2.05, 4.69) is 14.7 Å². The van der Waals surface area contributed by atoms with Crippen LogP contribution in [0.1, 0.15) is 6.92 Å². The van der Waals surface area contributed by atoms with Crippen molar-refractivity contribution in [3.8, 4) is 0 Å². The molecule has 0 amide bonds. The number of anilines is 1. The number of H-pyrrole nitrogens is 1. The third-order valence-corrected chi connectivity index (χ3v) is 2.61. The number of nitrogens with zero attached hydrogens (tertiary/aromatic N) is 2. The second-order valence-corrected chi connectivity index (χ2v) is 3.67. The van der Waals surface area contributed by atoms with E-state index in [0.29, 0.717) is 12.5 Å². The summed E-state index contributed by atoms with van der Waals surface area (Å²) >= 11 is 0.